The molecule has 158 valence electrons. The number of rotatable bonds is 8. The van der Waals surface area contributed by atoms with Crippen LogP contribution in [0.1, 0.15) is 13.8 Å². The summed E-state index contributed by atoms with van der Waals surface area (Å²) in [6, 6.07) is 15.2. The normalized spacial score (nSPS) is 11.3. The highest BCUT2D eigenvalue weighted by Crippen LogP contribution is 2.26. The predicted octanol–water partition coefficient (Wildman–Crippen LogP) is 2.74. The van der Waals surface area contributed by atoms with Crippen LogP contribution in [0, 0.1) is 0 Å². The van der Waals surface area contributed by atoms with Gasteiger partial charge in [0.15, 0.2) is 11.6 Å². The topological polar surface area (TPSA) is 95.5 Å². The van der Waals surface area contributed by atoms with Gasteiger partial charge >= 0.3 is 0 Å². The van der Waals surface area contributed by atoms with Gasteiger partial charge in [-0.25, -0.2) is 18.4 Å². The highest BCUT2D eigenvalue weighted by molar-refractivity contribution is 7.92. The minimum absolute atomic E-state index is 0.0504. The van der Waals surface area contributed by atoms with Crippen LogP contribution >= 0.6 is 0 Å². The third-order valence-electron chi connectivity index (χ3n) is 4.69. The molecule has 0 bridgehead atoms. The lowest BCUT2D eigenvalue weighted by Gasteiger charge is -2.25. The number of fused-ring (bicyclic) bond motifs is 1. The van der Waals surface area contributed by atoms with E-state index in [-0.39, 0.29) is 29.0 Å². The third-order valence-corrected chi connectivity index (χ3v) is 6.04. The summed E-state index contributed by atoms with van der Waals surface area (Å²) < 4.78 is 28.3. The summed E-state index contributed by atoms with van der Waals surface area (Å²) in [5, 5.41) is 0. The molecule has 1 N–H and O–H groups in total. The number of likely N-dealkylation sites (N-methyl/N-ethyl adjacent to an activating group) is 2. The van der Waals surface area contributed by atoms with Crippen molar-refractivity contribution in [2.75, 3.05) is 36.3 Å². The zero-order valence-corrected chi connectivity index (χ0v) is 18.1. The monoisotopic (exact) mass is 427 g/mol. The molecule has 3 aromatic rings. The first-order valence-electron chi connectivity index (χ1n) is 9.69. The number of anilines is 2. The molecule has 0 spiro atoms. The number of aromatic nitrogens is 2. The second-order valence-electron chi connectivity index (χ2n) is 6.73. The summed E-state index contributed by atoms with van der Waals surface area (Å²) >= 11 is 0. The fourth-order valence-electron chi connectivity index (χ4n) is 3.07. The molecule has 0 radical (unpaired) electrons. The second-order valence-corrected chi connectivity index (χ2v) is 8.41. The van der Waals surface area contributed by atoms with Gasteiger partial charge in [0.1, 0.15) is 0 Å². The van der Waals surface area contributed by atoms with Crippen LogP contribution in [0.15, 0.2) is 59.5 Å². The fourth-order valence-corrected chi connectivity index (χ4v) is 4.09. The van der Waals surface area contributed by atoms with E-state index in [2.05, 4.69) is 14.7 Å². The van der Waals surface area contributed by atoms with E-state index in [1.54, 1.807) is 53.2 Å². The van der Waals surface area contributed by atoms with Crippen LogP contribution in [-0.4, -0.2) is 55.9 Å². The molecular weight excluding hydrogens is 402 g/mol. The van der Waals surface area contributed by atoms with E-state index < -0.39 is 10.0 Å². The minimum atomic E-state index is -3.87. The van der Waals surface area contributed by atoms with Crippen LogP contribution in [0.25, 0.3) is 11.0 Å². The molecule has 0 aliphatic rings. The van der Waals surface area contributed by atoms with E-state index in [9.17, 15) is 13.2 Å². The maximum Gasteiger partial charge on any atom is 0.263 e. The van der Waals surface area contributed by atoms with Gasteiger partial charge in [-0.1, -0.05) is 30.3 Å². The predicted molar refractivity (Wildman–Crippen MR) is 118 cm³/mol. The Bertz CT molecular complexity index is 1130. The second kappa shape index (κ2) is 9.08. The Morgan fingerprint density at radius 2 is 1.50 bits per heavy atom. The molecule has 1 amide bonds. The molecule has 3 rings (SSSR count). The van der Waals surface area contributed by atoms with Gasteiger partial charge < -0.3 is 9.80 Å². The Hall–Kier alpha value is -3.20. The molecule has 0 saturated carbocycles. The largest absolute Gasteiger partial charge is 0.347 e. The van der Waals surface area contributed by atoms with E-state index in [4.69, 9.17) is 0 Å². The van der Waals surface area contributed by atoms with Gasteiger partial charge in [0.05, 0.1) is 22.5 Å². The molecule has 2 aromatic carbocycles. The summed E-state index contributed by atoms with van der Waals surface area (Å²) in [4.78, 5) is 25.1. The summed E-state index contributed by atoms with van der Waals surface area (Å²) in [5.41, 5.74) is 1.16. The number of para-hydroxylation sites is 2. The number of hydrogen-bond acceptors (Lipinski definition) is 6. The molecule has 9 heteroatoms. The van der Waals surface area contributed by atoms with Crippen LogP contribution in [0.4, 0.5) is 11.6 Å². The number of nitrogens with one attached hydrogen (secondary N) is 1. The maximum absolute atomic E-state index is 12.9. The van der Waals surface area contributed by atoms with E-state index in [1.807, 2.05) is 19.9 Å². The zero-order chi connectivity index (χ0) is 21.7. The molecule has 0 unspecified atom stereocenters. The number of amides is 1. The van der Waals surface area contributed by atoms with E-state index in [0.717, 1.165) is 0 Å². The van der Waals surface area contributed by atoms with Crippen molar-refractivity contribution in [2.45, 2.75) is 18.7 Å². The van der Waals surface area contributed by atoms with Crippen LogP contribution in [0.3, 0.4) is 0 Å². The average Bonchev–Trinajstić information content (AvgIpc) is 2.74. The van der Waals surface area contributed by atoms with Crippen molar-refractivity contribution in [1.82, 2.24) is 14.9 Å². The molecule has 0 fully saturated rings. The Balaban J connectivity index is 2.01. The van der Waals surface area contributed by atoms with Gasteiger partial charge in [0.2, 0.25) is 5.91 Å². The zero-order valence-electron chi connectivity index (χ0n) is 17.2. The van der Waals surface area contributed by atoms with E-state index >= 15 is 0 Å². The summed E-state index contributed by atoms with van der Waals surface area (Å²) in [5.74, 6) is 0.287. The lowest BCUT2D eigenvalue weighted by molar-refractivity contribution is -0.129. The molecule has 0 aliphatic heterocycles. The number of carbonyl (C=O) groups excluding carboxylic acids is 1. The van der Waals surface area contributed by atoms with Crippen LogP contribution in [0.5, 0.6) is 0 Å². The summed E-state index contributed by atoms with van der Waals surface area (Å²) in [6.45, 7) is 5.07. The van der Waals surface area contributed by atoms with Gasteiger partial charge in [-0.2, -0.15) is 0 Å². The maximum atomic E-state index is 12.9. The summed E-state index contributed by atoms with van der Waals surface area (Å²) in [6.07, 6.45) is 0. The van der Waals surface area contributed by atoms with Gasteiger partial charge in [0, 0.05) is 20.1 Å². The van der Waals surface area contributed by atoms with Gasteiger partial charge in [-0.15, -0.1) is 0 Å². The summed E-state index contributed by atoms with van der Waals surface area (Å²) in [7, 11) is -2.17. The number of sulfonamides is 1. The molecular formula is C21H25N5O3S. The molecule has 8 nitrogen and oxygen atoms in total. The molecule has 0 aliphatic carbocycles. The van der Waals surface area contributed by atoms with Crippen molar-refractivity contribution in [2.24, 2.45) is 0 Å². The quantitative estimate of drug-likeness (QED) is 0.594. The molecule has 0 atom stereocenters. The molecule has 1 heterocycles. The Labute approximate surface area is 176 Å². The average molecular weight is 428 g/mol. The lowest BCUT2D eigenvalue weighted by Crippen LogP contribution is -2.39. The smallest absolute Gasteiger partial charge is 0.263 e. The molecule has 1 aromatic heterocycles. The first kappa shape index (κ1) is 21.5. The third kappa shape index (κ3) is 4.68. The minimum Gasteiger partial charge on any atom is -0.347 e. The fraction of sp³-hybridized carbons (Fsp3) is 0.286. The van der Waals surface area contributed by atoms with Crippen LogP contribution in [-0.2, 0) is 14.8 Å². The van der Waals surface area contributed by atoms with Crippen LogP contribution in [0.2, 0.25) is 0 Å². The molecule has 30 heavy (non-hydrogen) atoms. The first-order chi connectivity index (χ1) is 14.4. The Kier molecular flexibility index (Phi) is 6.51. The van der Waals surface area contributed by atoms with E-state index in [0.29, 0.717) is 24.1 Å². The van der Waals surface area contributed by atoms with Crippen LogP contribution < -0.4 is 9.62 Å². The number of benzene rings is 2. The van der Waals surface area contributed by atoms with Crippen molar-refractivity contribution >= 4 is 38.6 Å². The van der Waals surface area contributed by atoms with Crippen molar-refractivity contribution in [3.05, 3.63) is 54.6 Å². The highest BCUT2D eigenvalue weighted by atomic mass is 32.2. The Morgan fingerprint density at radius 3 is 2.10 bits per heavy atom. The van der Waals surface area contributed by atoms with Gasteiger partial charge in [-0.05, 0) is 38.1 Å². The standard InChI is InChI=1S/C21H25N5O3S/c1-4-26(5-2)19(27)15-25(3)21-20(22-17-13-9-10-14-18(17)23-21)24-30(28,29)16-11-7-6-8-12-16/h6-14H,4-5,15H2,1-3H3,(H,22,24). The number of carbonyl (C=O) groups is 1. The SMILES string of the molecule is CCN(CC)C(=O)CN(C)c1nc2ccccc2nc1NS(=O)(=O)c1ccccc1. The lowest BCUT2D eigenvalue weighted by atomic mass is 10.3. The van der Waals surface area contributed by atoms with Crippen molar-refractivity contribution in [1.29, 1.82) is 0 Å². The molecule has 0 saturated heterocycles. The van der Waals surface area contributed by atoms with E-state index in [1.165, 1.54) is 12.1 Å². The number of nitrogens with zero attached hydrogens (tertiary/aromatic N) is 4. The van der Waals surface area contributed by atoms with Gasteiger partial charge in [-0.3, -0.25) is 9.52 Å². The van der Waals surface area contributed by atoms with Crippen molar-refractivity contribution in [3.63, 3.8) is 0 Å². The van der Waals surface area contributed by atoms with Crippen molar-refractivity contribution < 1.29 is 13.2 Å². The van der Waals surface area contributed by atoms with Crippen molar-refractivity contribution in [3.8, 4) is 0 Å². The van der Waals surface area contributed by atoms with Gasteiger partial charge in [0.25, 0.3) is 10.0 Å². The Morgan fingerprint density at radius 1 is 0.933 bits per heavy atom. The number of hydrogen-bond donors (Lipinski definition) is 1. The first-order valence-corrected chi connectivity index (χ1v) is 11.2. The highest BCUT2D eigenvalue weighted by Gasteiger charge is 2.22.